The van der Waals surface area contributed by atoms with E-state index < -0.39 is 16.9 Å². The summed E-state index contributed by atoms with van der Waals surface area (Å²) in [4.78, 5) is 25.7. The minimum absolute atomic E-state index is 0.0801. The van der Waals surface area contributed by atoms with Crippen molar-refractivity contribution in [1.29, 1.82) is 0 Å². The van der Waals surface area contributed by atoms with Crippen molar-refractivity contribution >= 4 is 40.6 Å². The molecule has 5 nitrogen and oxygen atoms in total. The Balaban J connectivity index is 1.63. The molecule has 1 aliphatic heterocycles. The zero-order chi connectivity index (χ0) is 18.7. The van der Waals surface area contributed by atoms with Crippen LogP contribution < -0.4 is 5.32 Å². The highest BCUT2D eigenvalue weighted by atomic mass is 35.5. The Morgan fingerprint density at radius 3 is 2.31 bits per heavy atom. The number of aliphatic hydroxyl groups is 1. The normalized spacial score (nSPS) is 35.3. The molecule has 1 heterocycles. The van der Waals surface area contributed by atoms with E-state index in [1.165, 1.54) is 6.07 Å². The Bertz CT molecular complexity index is 784. The molecule has 3 aliphatic carbocycles. The van der Waals surface area contributed by atoms with Gasteiger partial charge in [0.1, 0.15) is 5.78 Å². The molecule has 0 aromatic heterocycles. The number of rotatable bonds is 4. The number of halogens is 2. The maximum absolute atomic E-state index is 13.2. The highest BCUT2D eigenvalue weighted by Crippen LogP contribution is 2.56. The number of Topliss-reactive ketones (excluding diaryl/α,β-unsaturated/α-hetero) is 1. The number of ether oxygens (including phenoxy) is 1. The molecule has 140 valence electrons. The first kappa shape index (κ1) is 18.2. The first-order valence-corrected chi connectivity index (χ1v) is 9.62. The molecular weight excluding hydrogens is 377 g/mol. The number of hydrogen-bond acceptors (Lipinski definition) is 4. The minimum Gasteiger partial charge on any atom is -0.378 e. The lowest BCUT2D eigenvalue weighted by Gasteiger charge is -2.52. The van der Waals surface area contributed by atoms with Crippen molar-refractivity contribution in [1.82, 2.24) is 0 Å². The van der Waals surface area contributed by atoms with E-state index in [9.17, 15) is 14.7 Å². The fraction of sp³-hybridized carbons (Fsp3) is 0.579. The molecule has 0 saturated heterocycles. The van der Waals surface area contributed by atoms with Crippen LogP contribution in [0, 0.1) is 5.41 Å². The molecule has 1 amide bonds. The predicted molar refractivity (Wildman–Crippen MR) is 98.5 cm³/mol. The van der Waals surface area contributed by atoms with Crippen molar-refractivity contribution in [2.24, 2.45) is 5.41 Å². The van der Waals surface area contributed by atoms with Gasteiger partial charge in [-0.1, -0.05) is 23.2 Å². The van der Waals surface area contributed by atoms with Crippen LogP contribution in [0.4, 0.5) is 5.69 Å². The van der Waals surface area contributed by atoms with Gasteiger partial charge in [-0.15, -0.1) is 0 Å². The van der Waals surface area contributed by atoms with Crippen molar-refractivity contribution in [2.75, 3.05) is 12.4 Å². The van der Waals surface area contributed by atoms with E-state index >= 15 is 0 Å². The number of benzene rings is 1. The quantitative estimate of drug-likeness (QED) is 0.809. The summed E-state index contributed by atoms with van der Waals surface area (Å²) in [6.07, 6.45) is 4.41. The average Bonchev–Trinajstić information content (AvgIpc) is 2.92. The summed E-state index contributed by atoms with van der Waals surface area (Å²) in [6.45, 7) is 0. The Hall–Kier alpha value is -1.14. The van der Waals surface area contributed by atoms with Crippen LogP contribution in [0.5, 0.6) is 0 Å². The second-order valence-corrected chi connectivity index (χ2v) is 8.68. The maximum atomic E-state index is 13.2. The third-order valence-electron chi connectivity index (χ3n) is 6.75. The molecule has 26 heavy (non-hydrogen) atoms. The van der Waals surface area contributed by atoms with Crippen LogP contribution in [0.25, 0.3) is 0 Å². The number of amides is 1. The highest BCUT2D eigenvalue weighted by Gasteiger charge is 2.56. The predicted octanol–water partition coefficient (Wildman–Crippen LogP) is 3.83. The third-order valence-corrected chi connectivity index (χ3v) is 7.38. The van der Waals surface area contributed by atoms with E-state index in [1.807, 2.05) is 0 Å². The van der Waals surface area contributed by atoms with Crippen molar-refractivity contribution in [2.45, 2.75) is 56.1 Å². The number of methoxy groups -OCH3 is 1. The van der Waals surface area contributed by atoms with E-state index in [-0.39, 0.29) is 28.4 Å². The van der Waals surface area contributed by atoms with Crippen molar-refractivity contribution in [3.05, 3.63) is 27.7 Å². The summed E-state index contributed by atoms with van der Waals surface area (Å²) in [5.74, 6) is -0.728. The standard InChI is InChI=1S/C19H21Cl2NO4/c1-26-18-7-4-17(5-8-18,6-9-18)13(23)10-19(25)14-11(20)2-3-12(21)15(14)22-16(19)24/h2-3,25H,4-10H2,1H3,(H,22,24)/t17?,18?,19-/m0/s1. The van der Waals surface area contributed by atoms with E-state index in [2.05, 4.69) is 5.32 Å². The lowest BCUT2D eigenvalue weighted by Crippen LogP contribution is -2.52. The second-order valence-electron chi connectivity index (χ2n) is 7.86. The van der Waals surface area contributed by atoms with Gasteiger partial charge < -0.3 is 15.2 Å². The first-order chi connectivity index (χ1) is 12.3. The third kappa shape index (κ3) is 2.44. The average molecular weight is 398 g/mol. The van der Waals surface area contributed by atoms with Gasteiger partial charge in [0.05, 0.1) is 16.3 Å². The maximum Gasteiger partial charge on any atom is 0.261 e. The lowest BCUT2D eigenvalue weighted by atomic mass is 9.56. The van der Waals surface area contributed by atoms with Crippen molar-refractivity contribution < 1.29 is 19.4 Å². The summed E-state index contributed by atoms with van der Waals surface area (Å²) in [7, 11) is 1.73. The van der Waals surface area contributed by atoms with E-state index in [0.29, 0.717) is 10.7 Å². The number of fused-ring (bicyclic) bond motifs is 4. The molecule has 0 radical (unpaired) electrons. The SMILES string of the molecule is COC12CCC(C(=O)C[C@@]3(O)C(=O)Nc4c(Cl)ccc(Cl)c43)(CC1)CC2. The molecule has 1 aromatic rings. The van der Waals surface area contributed by atoms with Crippen LogP contribution in [-0.2, 0) is 19.9 Å². The molecule has 2 bridgehead atoms. The molecule has 5 rings (SSSR count). The molecular formula is C19H21Cl2NO4. The van der Waals surface area contributed by atoms with Gasteiger partial charge in [0.15, 0.2) is 5.60 Å². The second kappa shape index (κ2) is 5.93. The number of carbonyl (C=O) groups is 2. The zero-order valence-corrected chi connectivity index (χ0v) is 16.0. The monoisotopic (exact) mass is 397 g/mol. The Morgan fingerprint density at radius 1 is 1.15 bits per heavy atom. The van der Waals surface area contributed by atoms with Crippen LogP contribution in [-0.4, -0.2) is 29.5 Å². The van der Waals surface area contributed by atoms with Gasteiger partial charge in [0, 0.05) is 29.5 Å². The van der Waals surface area contributed by atoms with Crippen LogP contribution in [0.15, 0.2) is 12.1 Å². The highest BCUT2D eigenvalue weighted by molar-refractivity contribution is 6.38. The number of ketones is 1. The summed E-state index contributed by atoms with van der Waals surface area (Å²) < 4.78 is 5.68. The number of hydrogen-bond donors (Lipinski definition) is 2. The van der Waals surface area contributed by atoms with Crippen molar-refractivity contribution in [3.63, 3.8) is 0 Å². The zero-order valence-electron chi connectivity index (χ0n) is 14.5. The minimum atomic E-state index is -1.98. The van der Waals surface area contributed by atoms with E-state index in [1.54, 1.807) is 13.2 Å². The van der Waals surface area contributed by atoms with Crippen LogP contribution >= 0.6 is 23.2 Å². The fourth-order valence-electron chi connectivity index (χ4n) is 4.87. The van der Waals surface area contributed by atoms with Crippen molar-refractivity contribution in [3.8, 4) is 0 Å². The van der Waals surface area contributed by atoms with Gasteiger partial charge in [-0.05, 0) is 50.7 Å². The summed E-state index contributed by atoms with van der Waals surface area (Å²) >= 11 is 12.4. The topological polar surface area (TPSA) is 75.6 Å². The molecule has 1 aromatic carbocycles. The lowest BCUT2D eigenvalue weighted by molar-refractivity contribution is -0.158. The largest absolute Gasteiger partial charge is 0.378 e. The Morgan fingerprint density at radius 2 is 1.73 bits per heavy atom. The summed E-state index contributed by atoms with van der Waals surface area (Å²) in [5.41, 5.74) is -2.06. The molecule has 1 atom stereocenters. The molecule has 3 fully saturated rings. The summed E-state index contributed by atoms with van der Waals surface area (Å²) in [5, 5.41) is 14.2. The van der Waals surface area contributed by atoms with Gasteiger partial charge in [-0.2, -0.15) is 0 Å². The molecule has 2 N–H and O–H groups in total. The fourth-order valence-corrected chi connectivity index (χ4v) is 5.39. The van der Waals surface area contributed by atoms with E-state index in [4.69, 9.17) is 27.9 Å². The number of anilines is 1. The first-order valence-electron chi connectivity index (χ1n) is 8.86. The Labute approximate surface area is 162 Å². The number of nitrogens with one attached hydrogen (secondary N) is 1. The van der Waals surface area contributed by atoms with Gasteiger partial charge >= 0.3 is 0 Å². The number of carbonyl (C=O) groups excluding carboxylic acids is 2. The molecule has 7 heteroatoms. The van der Waals surface area contributed by atoms with Gasteiger partial charge in [0.2, 0.25) is 0 Å². The van der Waals surface area contributed by atoms with Crippen LogP contribution in [0.3, 0.4) is 0 Å². The van der Waals surface area contributed by atoms with Crippen LogP contribution in [0.2, 0.25) is 10.0 Å². The summed E-state index contributed by atoms with van der Waals surface area (Å²) in [6, 6.07) is 3.09. The van der Waals surface area contributed by atoms with Crippen LogP contribution in [0.1, 0.15) is 50.5 Å². The van der Waals surface area contributed by atoms with E-state index in [0.717, 1.165) is 38.5 Å². The van der Waals surface area contributed by atoms with Gasteiger partial charge in [-0.25, -0.2) is 0 Å². The Kier molecular flexibility index (Phi) is 4.16. The molecule has 0 unspecified atom stereocenters. The smallest absolute Gasteiger partial charge is 0.261 e. The molecule has 4 aliphatic rings. The van der Waals surface area contributed by atoms with Gasteiger partial charge in [-0.3, -0.25) is 9.59 Å². The molecule has 3 saturated carbocycles. The molecule has 0 spiro atoms. The van der Waals surface area contributed by atoms with Gasteiger partial charge in [0.25, 0.3) is 5.91 Å².